The van der Waals surface area contributed by atoms with Gasteiger partial charge in [-0.3, -0.25) is 9.69 Å². The molecule has 2 aromatic carbocycles. The van der Waals surface area contributed by atoms with Gasteiger partial charge >= 0.3 is 5.97 Å². The van der Waals surface area contributed by atoms with Crippen LogP contribution in [0.3, 0.4) is 0 Å². The highest BCUT2D eigenvalue weighted by atomic mass is 35.5. The number of aryl methyl sites for hydroxylation is 1. The van der Waals surface area contributed by atoms with Crippen LogP contribution < -0.4 is 9.47 Å². The third-order valence-corrected chi connectivity index (χ3v) is 6.04. The average molecular weight is 459 g/mol. The molecule has 0 saturated carbocycles. The number of amides is 1. The number of hydrogen-bond donors (Lipinski definition) is 0. The van der Waals surface area contributed by atoms with Gasteiger partial charge in [0.25, 0.3) is 0 Å². The Labute approximate surface area is 192 Å². The molecule has 0 spiro atoms. The van der Waals surface area contributed by atoms with Gasteiger partial charge in [-0.25, -0.2) is 4.79 Å². The molecular formula is C24H27ClN2O5. The fourth-order valence-corrected chi connectivity index (χ4v) is 4.22. The van der Waals surface area contributed by atoms with Crippen LogP contribution in [0.25, 0.3) is 0 Å². The smallest absolute Gasteiger partial charge is 0.328 e. The summed E-state index contributed by atoms with van der Waals surface area (Å²) in [6.45, 7) is 4.70. The van der Waals surface area contributed by atoms with Crippen LogP contribution in [0.4, 0.5) is 0 Å². The van der Waals surface area contributed by atoms with Gasteiger partial charge in [-0.15, -0.1) is 0 Å². The number of carbonyl (C=O) groups excluding carboxylic acids is 2. The topological polar surface area (TPSA) is 68.3 Å². The second-order valence-corrected chi connectivity index (χ2v) is 8.25. The van der Waals surface area contributed by atoms with Crippen LogP contribution in [-0.4, -0.2) is 61.3 Å². The van der Waals surface area contributed by atoms with Crippen LogP contribution in [0.1, 0.15) is 30.5 Å². The number of esters is 1. The highest BCUT2D eigenvalue weighted by Gasteiger charge is 2.32. The first kappa shape index (κ1) is 22.4. The van der Waals surface area contributed by atoms with Gasteiger partial charge < -0.3 is 19.1 Å². The van der Waals surface area contributed by atoms with Crippen molar-refractivity contribution < 1.29 is 23.8 Å². The molecule has 4 rings (SSSR count). The lowest BCUT2D eigenvalue weighted by atomic mass is 10.0. The average Bonchev–Trinajstić information content (AvgIpc) is 3.27. The Hall–Kier alpha value is -2.77. The fourth-order valence-electron chi connectivity index (χ4n) is 4.10. The van der Waals surface area contributed by atoms with Gasteiger partial charge in [-0.1, -0.05) is 29.8 Å². The predicted molar refractivity (Wildman–Crippen MR) is 120 cm³/mol. The number of nitrogens with zero attached hydrogens (tertiary/aromatic N) is 2. The van der Waals surface area contributed by atoms with E-state index >= 15 is 0 Å². The molecule has 2 aliphatic heterocycles. The van der Waals surface area contributed by atoms with E-state index in [4.69, 9.17) is 25.8 Å². The van der Waals surface area contributed by atoms with Crippen molar-refractivity contribution >= 4 is 23.5 Å². The summed E-state index contributed by atoms with van der Waals surface area (Å²) < 4.78 is 16.1. The molecule has 0 radical (unpaired) electrons. The summed E-state index contributed by atoms with van der Waals surface area (Å²) in [6, 6.07) is 12.5. The fraction of sp³-hybridized carbons (Fsp3) is 0.417. The summed E-state index contributed by atoms with van der Waals surface area (Å²) in [5.74, 6) is 1.31. The molecule has 1 atom stereocenters. The quantitative estimate of drug-likeness (QED) is 0.592. The highest BCUT2D eigenvalue weighted by molar-refractivity contribution is 6.30. The lowest BCUT2D eigenvalue weighted by molar-refractivity contribution is -0.151. The maximum atomic E-state index is 12.8. The van der Waals surface area contributed by atoms with Crippen molar-refractivity contribution in [1.29, 1.82) is 0 Å². The van der Waals surface area contributed by atoms with E-state index in [1.165, 1.54) is 0 Å². The number of ether oxygens (including phenoxy) is 3. The molecule has 1 unspecified atom stereocenters. The van der Waals surface area contributed by atoms with E-state index in [2.05, 4.69) is 4.90 Å². The Morgan fingerprint density at radius 3 is 2.47 bits per heavy atom. The van der Waals surface area contributed by atoms with E-state index in [0.717, 1.165) is 22.6 Å². The number of carbonyl (C=O) groups is 2. The lowest BCUT2D eigenvalue weighted by Crippen LogP contribution is -2.51. The molecule has 0 N–H and O–H groups in total. The molecule has 170 valence electrons. The number of benzene rings is 2. The molecule has 1 fully saturated rings. The summed E-state index contributed by atoms with van der Waals surface area (Å²) >= 11 is 6.01. The molecule has 0 aliphatic carbocycles. The first-order valence-corrected chi connectivity index (χ1v) is 11.3. The third-order valence-electron chi connectivity index (χ3n) is 5.79. The molecule has 1 amide bonds. The Morgan fingerprint density at radius 1 is 1.03 bits per heavy atom. The number of piperazine rings is 1. The van der Waals surface area contributed by atoms with Gasteiger partial charge in [0.05, 0.1) is 6.61 Å². The van der Waals surface area contributed by atoms with E-state index < -0.39 is 6.04 Å². The van der Waals surface area contributed by atoms with E-state index in [-0.39, 0.29) is 18.7 Å². The minimum Gasteiger partial charge on any atom is -0.465 e. The zero-order valence-electron chi connectivity index (χ0n) is 18.1. The van der Waals surface area contributed by atoms with E-state index in [1.807, 2.05) is 35.2 Å². The molecule has 0 bridgehead atoms. The van der Waals surface area contributed by atoms with Crippen molar-refractivity contribution in [1.82, 2.24) is 9.80 Å². The largest absolute Gasteiger partial charge is 0.465 e. The Balaban J connectivity index is 1.33. The molecule has 2 heterocycles. The van der Waals surface area contributed by atoms with Crippen molar-refractivity contribution in [2.75, 3.05) is 39.6 Å². The summed E-state index contributed by atoms with van der Waals surface area (Å²) in [5, 5.41) is 0.620. The minimum absolute atomic E-state index is 0.112. The van der Waals surface area contributed by atoms with E-state index in [0.29, 0.717) is 50.7 Å². The number of halogens is 1. The molecule has 0 aromatic heterocycles. The Bertz CT molecular complexity index is 957. The number of hydrogen-bond acceptors (Lipinski definition) is 6. The SMILES string of the molecule is CCOC(=O)C(c1ccc(Cl)cc1)N1CCN(C(=O)CCc2ccc3c(c2)OCO3)CC1. The zero-order chi connectivity index (χ0) is 22.5. The van der Waals surface area contributed by atoms with Crippen LogP contribution in [0.15, 0.2) is 42.5 Å². The summed E-state index contributed by atoms with van der Waals surface area (Å²) in [4.78, 5) is 29.4. The molecule has 32 heavy (non-hydrogen) atoms. The van der Waals surface area contributed by atoms with Gasteiger partial charge in [0.1, 0.15) is 6.04 Å². The van der Waals surface area contributed by atoms with E-state index in [1.54, 1.807) is 19.1 Å². The zero-order valence-corrected chi connectivity index (χ0v) is 18.8. The normalized spacial score (nSPS) is 16.6. The molecule has 8 heteroatoms. The van der Waals surface area contributed by atoms with Crippen molar-refractivity contribution in [3.05, 3.63) is 58.6 Å². The predicted octanol–water partition coefficient (Wildman–Crippen LogP) is 3.45. The van der Waals surface area contributed by atoms with Gasteiger partial charge in [-0.05, 0) is 48.7 Å². The van der Waals surface area contributed by atoms with Crippen LogP contribution in [-0.2, 0) is 20.7 Å². The standard InChI is InChI=1S/C24H27ClN2O5/c1-2-30-24(29)23(18-5-7-19(25)8-6-18)27-13-11-26(12-14-27)22(28)10-4-17-3-9-20-21(15-17)32-16-31-20/h3,5-9,15,23H,2,4,10-14,16H2,1H3. The molecule has 2 aromatic rings. The maximum absolute atomic E-state index is 12.8. The highest BCUT2D eigenvalue weighted by Crippen LogP contribution is 2.33. The van der Waals surface area contributed by atoms with Crippen molar-refractivity contribution in [2.45, 2.75) is 25.8 Å². The van der Waals surface area contributed by atoms with Crippen LogP contribution in [0, 0.1) is 0 Å². The molecule has 2 aliphatic rings. The van der Waals surface area contributed by atoms with Crippen molar-refractivity contribution in [2.24, 2.45) is 0 Å². The lowest BCUT2D eigenvalue weighted by Gasteiger charge is -2.38. The second-order valence-electron chi connectivity index (χ2n) is 7.81. The van der Waals surface area contributed by atoms with Crippen LogP contribution in [0.5, 0.6) is 11.5 Å². The monoisotopic (exact) mass is 458 g/mol. The third kappa shape index (κ3) is 5.16. The number of fused-ring (bicyclic) bond motifs is 1. The Kier molecular flexibility index (Phi) is 7.17. The maximum Gasteiger partial charge on any atom is 0.328 e. The van der Waals surface area contributed by atoms with Crippen molar-refractivity contribution in [3.63, 3.8) is 0 Å². The van der Waals surface area contributed by atoms with Crippen LogP contribution >= 0.6 is 11.6 Å². The van der Waals surface area contributed by atoms with E-state index in [9.17, 15) is 9.59 Å². The summed E-state index contributed by atoms with van der Waals surface area (Å²) in [5.41, 5.74) is 1.89. The Morgan fingerprint density at radius 2 is 1.75 bits per heavy atom. The van der Waals surface area contributed by atoms with Gasteiger partial charge in [0.15, 0.2) is 11.5 Å². The molecular weight excluding hydrogens is 432 g/mol. The second kappa shape index (κ2) is 10.2. The summed E-state index contributed by atoms with van der Waals surface area (Å²) in [7, 11) is 0. The molecule has 1 saturated heterocycles. The summed E-state index contributed by atoms with van der Waals surface area (Å²) in [6.07, 6.45) is 1.07. The minimum atomic E-state index is -0.502. The first-order valence-electron chi connectivity index (χ1n) is 10.9. The van der Waals surface area contributed by atoms with Crippen LogP contribution in [0.2, 0.25) is 5.02 Å². The van der Waals surface area contributed by atoms with Crippen molar-refractivity contribution in [3.8, 4) is 11.5 Å². The van der Waals surface area contributed by atoms with Gasteiger partial charge in [0.2, 0.25) is 12.7 Å². The van der Waals surface area contributed by atoms with Gasteiger partial charge in [-0.2, -0.15) is 0 Å². The number of rotatable bonds is 7. The van der Waals surface area contributed by atoms with Gasteiger partial charge in [0, 0.05) is 37.6 Å². The molecule has 7 nitrogen and oxygen atoms in total. The first-order chi connectivity index (χ1) is 15.5.